The minimum atomic E-state index is -0.0535. The van der Waals surface area contributed by atoms with Crippen molar-refractivity contribution in [1.29, 1.82) is 0 Å². The van der Waals surface area contributed by atoms with E-state index in [-0.39, 0.29) is 11.0 Å². The van der Waals surface area contributed by atoms with Crippen LogP contribution in [0, 0.1) is 5.41 Å². The number of benzene rings is 1. The SMILES string of the molecule is CN(C)CC(C)(C)CNCc1ccc2c(c1)CC(C)(C)O2. The molecule has 1 N–H and O–H groups in total. The summed E-state index contributed by atoms with van der Waals surface area (Å²) in [6, 6.07) is 6.58. The van der Waals surface area contributed by atoms with Crippen LogP contribution < -0.4 is 10.1 Å². The van der Waals surface area contributed by atoms with Crippen molar-refractivity contribution in [3.05, 3.63) is 29.3 Å². The van der Waals surface area contributed by atoms with Crippen LogP contribution in [0.5, 0.6) is 5.75 Å². The first-order chi connectivity index (χ1) is 9.67. The van der Waals surface area contributed by atoms with Crippen molar-refractivity contribution in [2.75, 3.05) is 27.2 Å². The van der Waals surface area contributed by atoms with E-state index < -0.39 is 0 Å². The highest BCUT2D eigenvalue weighted by atomic mass is 16.5. The Hall–Kier alpha value is -1.06. The van der Waals surface area contributed by atoms with Crippen molar-refractivity contribution in [3.8, 4) is 5.75 Å². The minimum absolute atomic E-state index is 0.0535. The molecule has 118 valence electrons. The van der Waals surface area contributed by atoms with Gasteiger partial charge >= 0.3 is 0 Å². The topological polar surface area (TPSA) is 24.5 Å². The zero-order chi connectivity index (χ0) is 15.7. The highest BCUT2D eigenvalue weighted by Gasteiger charge is 2.29. The van der Waals surface area contributed by atoms with Gasteiger partial charge in [-0.2, -0.15) is 0 Å². The van der Waals surface area contributed by atoms with Crippen LogP contribution in [0.4, 0.5) is 0 Å². The standard InChI is InChI=1S/C18H30N2O/c1-17(2,13-20(5)6)12-19-11-14-7-8-16-15(9-14)10-18(3,4)21-16/h7-9,19H,10-13H2,1-6H3. The Balaban J connectivity index is 1.88. The summed E-state index contributed by atoms with van der Waals surface area (Å²) in [6.07, 6.45) is 1.00. The Morgan fingerprint density at radius 3 is 2.67 bits per heavy atom. The van der Waals surface area contributed by atoms with Gasteiger partial charge in [0, 0.05) is 26.1 Å². The molecule has 21 heavy (non-hydrogen) atoms. The van der Waals surface area contributed by atoms with Gasteiger partial charge in [0.1, 0.15) is 11.4 Å². The summed E-state index contributed by atoms with van der Waals surface area (Å²) in [5.41, 5.74) is 2.91. The van der Waals surface area contributed by atoms with Crippen molar-refractivity contribution in [2.24, 2.45) is 5.41 Å². The van der Waals surface area contributed by atoms with Crippen molar-refractivity contribution in [1.82, 2.24) is 10.2 Å². The number of hydrogen-bond donors (Lipinski definition) is 1. The molecule has 0 saturated heterocycles. The van der Waals surface area contributed by atoms with Crippen LogP contribution in [0.1, 0.15) is 38.8 Å². The molecular formula is C18H30N2O. The fraction of sp³-hybridized carbons (Fsp3) is 0.667. The maximum atomic E-state index is 5.93. The Morgan fingerprint density at radius 2 is 2.00 bits per heavy atom. The summed E-state index contributed by atoms with van der Waals surface area (Å²) >= 11 is 0. The van der Waals surface area contributed by atoms with Crippen molar-refractivity contribution >= 4 is 0 Å². The molecule has 0 aromatic heterocycles. The van der Waals surface area contributed by atoms with Gasteiger partial charge in [0.05, 0.1) is 0 Å². The first-order valence-electron chi connectivity index (χ1n) is 7.83. The molecule has 1 aromatic carbocycles. The molecule has 0 unspecified atom stereocenters. The summed E-state index contributed by atoms with van der Waals surface area (Å²) in [6.45, 7) is 11.9. The zero-order valence-corrected chi connectivity index (χ0v) is 14.4. The maximum absolute atomic E-state index is 5.93. The molecular weight excluding hydrogens is 260 g/mol. The number of fused-ring (bicyclic) bond motifs is 1. The van der Waals surface area contributed by atoms with E-state index in [9.17, 15) is 0 Å². The van der Waals surface area contributed by atoms with Crippen LogP contribution in [0.25, 0.3) is 0 Å². The molecule has 1 aliphatic rings. The number of hydrogen-bond acceptors (Lipinski definition) is 3. The van der Waals surface area contributed by atoms with E-state index >= 15 is 0 Å². The second-order valence-corrected chi connectivity index (χ2v) is 7.99. The van der Waals surface area contributed by atoms with E-state index in [1.165, 1.54) is 11.1 Å². The first kappa shape index (κ1) is 16.3. The van der Waals surface area contributed by atoms with Crippen molar-refractivity contribution < 1.29 is 4.74 Å². The Kier molecular flexibility index (Phi) is 4.64. The summed E-state index contributed by atoms with van der Waals surface area (Å²) < 4.78 is 5.93. The molecule has 1 aliphatic heterocycles. The monoisotopic (exact) mass is 290 g/mol. The molecule has 0 fully saturated rings. The predicted molar refractivity (Wildman–Crippen MR) is 88.9 cm³/mol. The van der Waals surface area contributed by atoms with E-state index in [0.717, 1.165) is 31.8 Å². The average molecular weight is 290 g/mol. The van der Waals surface area contributed by atoms with Gasteiger partial charge in [0.15, 0.2) is 0 Å². The lowest BCUT2D eigenvalue weighted by Gasteiger charge is -2.28. The molecule has 3 heteroatoms. The van der Waals surface area contributed by atoms with Gasteiger partial charge in [-0.05, 0) is 50.6 Å². The van der Waals surface area contributed by atoms with E-state index in [4.69, 9.17) is 4.74 Å². The summed E-state index contributed by atoms with van der Waals surface area (Å²) in [5, 5.41) is 3.59. The van der Waals surface area contributed by atoms with Gasteiger partial charge in [0.25, 0.3) is 0 Å². The number of nitrogens with one attached hydrogen (secondary N) is 1. The quantitative estimate of drug-likeness (QED) is 0.871. The first-order valence-corrected chi connectivity index (χ1v) is 7.83. The third-order valence-corrected chi connectivity index (χ3v) is 3.80. The second-order valence-electron chi connectivity index (χ2n) is 7.99. The van der Waals surface area contributed by atoms with Crippen molar-refractivity contribution in [3.63, 3.8) is 0 Å². The van der Waals surface area contributed by atoms with Gasteiger partial charge in [0.2, 0.25) is 0 Å². The lowest BCUT2D eigenvalue weighted by Crippen LogP contribution is -2.37. The lowest BCUT2D eigenvalue weighted by atomic mass is 9.93. The van der Waals surface area contributed by atoms with Crippen LogP contribution in [-0.2, 0) is 13.0 Å². The fourth-order valence-corrected chi connectivity index (χ4v) is 3.23. The third kappa shape index (κ3) is 4.72. The second kappa shape index (κ2) is 5.98. The largest absolute Gasteiger partial charge is 0.487 e. The third-order valence-electron chi connectivity index (χ3n) is 3.80. The predicted octanol–water partition coefficient (Wildman–Crippen LogP) is 3.08. The lowest BCUT2D eigenvalue weighted by molar-refractivity contribution is 0.138. The van der Waals surface area contributed by atoms with Crippen molar-refractivity contribution in [2.45, 2.75) is 46.3 Å². The van der Waals surface area contributed by atoms with Crippen LogP contribution in [0.3, 0.4) is 0 Å². The molecule has 0 bridgehead atoms. The smallest absolute Gasteiger partial charge is 0.123 e. The number of rotatable bonds is 6. The Labute approximate surface area is 129 Å². The van der Waals surface area contributed by atoms with E-state index in [1.54, 1.807) is 0 Å². The molecule has 0 spiro atoms. The fourth-order valence-electron chi connectivity index (χ4n) is 3.23. The van der Waals surface area contributed by atoms with Gasteiger partial charge in [-0.1, -0.05) is 26.0 Å². The molecule has 0 saturated carbocycles. The highest BCUT2D eigenvalue weighted by Crippen LogP contribution is 2.35. The number of ether oxygens (including phenoxy) is 1. The van der Waals surface area contributed by atoms with Crippen LogP contribution in [-0.4, -0.2) is 37.7 Å². The normalized spacial score (nSPS) is 16.9. The Bertz CT molecular complexity index is 492. The Morgan fingerprint density at radius 1 is 1.29 bits per heavy atom. The van der Waals surface area contributed by atoms with Crippen LogP contribution in [0.2, 0.25) is 0 Å². The van der Waals surface area contributed by atoms with Crippen LogP contribution >= 0.6 is 0 Å². The number of nitrogens with zero attached hydrogens (tertiary/aromatic N) is 1. The molecule has 0 aliphatic carbocycles. The molecule has 0 atom stereocenters. The van der Waals surface area contributed by atoms with Gasteiger partial charge in [-0.3, -0.25) is 0 Å². The highest BCUT2D eigenvalue weighted by molar-refractivity contribution is 5.41. The molecule has 3 nitrogen and oxygen atoms in total. The summed E-state index contributed by atoms with van der Waals surface area (Å²) in [7, 11) is 4.26. The zero-order valence-electron chi connectivity index (χ0n) is 14.4. The molecule has 1 heterocycles. The van der Waals surface area contributed by atoms with Gasteiger partial charge in [-0.25, -0.2) is 0 Å². The van der Waals surface area contributed by atoms with Gasteiger partial charge in [-0.15, -0.1) is 0 Å². The minimum Gasteiger partial charge on any atom is -0.487 e. The van der Waals surface area contributed by atoms with Crippen LogP contribution in [0.15, 0.2) is 18.2 Å². The molecule has 2 rings (SSSR count). The summed E-state index contributed by atoms with van der Waals surface area (Å²) in [4.78, 5) is 2.25. The molecule has 0 amide bonds. The molecule has 1 aromatic rings. The van der Waals surface area contributed by atoms with Gasteiger partial charge < -0.3 is 15.0 Å². The maximum Gasteiger partial charge on any atom is 0.123 e. The molecule has 0 radical (unpaired) electrons. The van der Waals surface area contributed by atoms with E-state index in [2.05, 4.69) is 70.2 Å². The summed E-state index contributed by atoms with van der Waals surface area (Å²) in [5.74, 6) is 1.05. The average Bonchev–Trinajstić information content (AvgIpc) is 2.60. The van der Waals surface area contributed by atoms with E-state index in [1.807, 2.05) is 0 Å². The van der Waals surface area contributed by atoms with E-state index in [0.29, 0.717) is 0 Å².